The number of nitrogens with one attached hydrogen (secondary N) is 1. The first-order valence-corrected chi connectivity index (χ1v) is 7.84. The second kappa shape index (κ2) is 6.52. The van der Waals surface area contributed by atoms with Crippen molar-refractivity contribution in [2.24, 2.45) is 0 Å². The highest BCUT2D eigenvalue weighted by Crippen LogP contribution is 2.38. The first-order valence-electron chi connectivity index (χ1n) is 7.46. The summed E-state index contributed by atoms with van der Waals surface area (Å²) in [6.07, 6.45) is 2.36. The normalized spacial score (nSPS) is 15.1. The summed E-state index contributed by atoms with van der Waals surface area (Å²) in [5, 5.41) is 22.6. The first-order chi connectivity index (χ1) is 11.1. The van der Waals surface area contributed by atoms with Gasteiger partial charge in [0.2, 0.25) is 0 Å². The van der Waals surface area contributed by atoms with Gasteiger partial charge in [-0.05, 0) is 36.6 Å². The summed E-state index contributed by atoms with van der Waals surface area (Å²) in [5.41, 5.74) is 1.59. The van der Waals surface area contributed by atoms with E-state index in [4.69, 9.17) is 11.6 Å². The number of aromatic amines is 1. The van der Waals surface area contributed by atoms with Crippen molar-refractivity contribution >= 4 is 11.6 Å². The summed E-state index contributed by atoms with van der Waals surface area (Å²) in [4.78, 5) is 0. The van der Waals surface area contributed by atoms with Crippen LogP contribution in [-0.4, -0.2) is 20.5 Å². The van der Waals surface area contributed by atoms with Gasteiger partial charge in [0.15, 0.2) is 0 Å². The molecule has 118 valence electrons. The summed E-state index contributed by atoms with van der Waals surface area (Å²) in [6, 6.07) is 17.3. The minimum Gasteiger partial charge on any atom is -0.385 e. The van der Waals surface area contributed by atoms with E-state index in [1.165, 1.54) is 0 Å². The van der Waals surface area contributed by atoms with Gasteiger partial charge in [-0.3, -0.25) is 5.10 Å². The Bertz CT molecular complexity index is 740. The third-order valence-electron chi connectivity index (χ3n) is 4.18. The first kappa shape index (κ1) is 15.7. The Labute approximate surface area is 140 Å². The van der Waals surface area contributed by atoms with Crippen molar-refractivity contribution in [3.8, 4) is 0 Å². The maximum Gasteiger partial charge on any atom is 0.0956 e. The summed E-state index contributed by atoms with van der Waals surface area (Å²) >= 11 is 5.96. The number of H-pyrrole nitrogens is 1. The smallest absolute Gasteiger partial charge is 0.0956 e. The summed E-state index contributed by atoms with van der Waals surface area (Å²) in [6.45, 7) is 1.82. The van der Waals surface area contributed by atoms with E-state index in [2.05, 4.69) is 15.4 Å². The molecule has 23 heavy (non-hydrogen) atoms. The summed E-state index contributed by atoms with van der Waals surface area (Å²) < 4.78 is 0. The van der Waals surface area contributed by atoms with Gasteiger partial charge in [-0.15, -0.1) is 5.10 Å². The molecule has 0 aliphatic heterocycles. The zero-order valence-electron chi connectivity index (χ0n) is 12.8. The largest absolute Gasteiger partial charge is 0.385 e. The van der Waals surface area contributed by atoms with E-state index in [-0.39, 0.29) is 5.92 Å². The predicted molar refractivity (Wildman–Crippen MR) is 90.3 cm³/mol. The SMILES string of the molecule is CC(O)(c1ccccc1)C(Cc1ccc(Cl)cc1)c1c[nH]nn1. The standard InChI is InChI=1S/C18H18ClN3O/c1-18(23,14-5-3-2-4-6-14)16(17-12-20-22-21-17)11-13-7-9-15(19)10-8-13/h2-10,12,16,23H,11H2,1H3,(H,20,21,22). The molecular weight excluding hydrogens is 310 g/mol. The maximum absolute atomic E-state index is 11.2. The molecule has 0 saturated carbocycles. The lowest BCUT2D eigenvalue weighted by atomic mass is 9.77. The van der Waals surface area contributed by atoms with Gasteiger partial charge >= 0.3 is 0 Å². The lowest BCUT2D eigenvalue weighted by Gasteiger charge is -2.32. The highest BCUT2D eigenvalue weighted by atomic mass is 35.5. The molecule has 2 aromatic carbocycles. The Hall–Kier alpha value is -2.17. The number of benzene rings is 2. The number of aliphatic hydroxyl groups is 1. The number of nitrogens with zero attached hydrogens (tertiary/aromatic N) is 2. The summed E-state index contributed by atoms with van der Waals surface area (Å²) in [7, 11) is 0. The van der Waals surface area contributed by atoms with E-state index < -0.39 is 5.60 Å². The Morgan fingerprint density at radius 2 is 1.83 bits per heavy atom. The molecule has 0 aliphatic rings. The van der Waals surface area contributed by atoms with E-state index in [0.717, 1.165) is 16.8 Å². The van der Waals surface area contributed by atoms with Crippen molar-refractivity contribution in [2.45, 2.75) is 24.9 Å². The van der Waals surface area contributed by atoms with Crippen LogP contribution in [0.4, 0.5) is 0 Å². The van der Waals surface area contributed by atoms with Gasteiger partial charge in [-0.1, -0.05) is 59.3 Å². The fraction of sp³-hybridized carbons (Fsp3) is 0.222. The molecule has 3 aromatic rings. The van der Waals surface area contributed by atoms with Crippen LogP contribution in [0.2, 0.25) is 5.02 Å². The third kappa shape index (κ3) is 3.44. The van der Waals surface area contributed by atoms with Crippen LogP contribution in [0.1, 0.15) is 29.7 Å². The number of rotatable bonds is 5. The Balaban J connectivity index is 1.97. The van der Waals surface area contributed by atoms with Crippen molar-refractivity contribution < 1.29 is 5.11 Å². The molecule has 0 fully saturated rings. The monoisotopic (exact) mass is 327 g/mol. The molecule has 4 nitrogen and oxygen atoms in total. The highest BCUT2D eigenvalue weighted by Gasteiger charge is 2.36. The molecule has 2 unspecified atom stereocenters. The molecule has 2 N–H and O–H groups in total. The molecular formula is C18H18ClN3O. The van der Waals surface area contributed by atoms with E-state index in [0.29, 0.717) is 11.4 Å². The highest BCUT2D eigenvalue weighted by molar-refractivity contribution is 6.30. The number of aromatic nitrogens is 3. The fourth-order valence-corrected chi connectivity index (χ4v) is 2.93. The van der Waals surface area contributed by atoms with Crippen LogP contribution in [-0.2, 0) is 12.0 Å². The number of hydrogen-bond donors (Lipinski definition) is 2. The molecule has 1 aromatic heterocycles. The van der Waals surface area contributed by atoms with Crippen molar-refractivity contribution in [1.29, 1.82) is 0 Å². The Kier molecular flexibility index (Phi) is 4.46. The molecule has 2 atom stereocenters. The van der Waals surface area contributed by atoms with Crippen LogP contribution in [0.3, 0.4) is 0 Å². The quantitative estimate of drug-likeness (QED) is 0.751. The molecule has 0 saturated heterocycles. The van der Waals surface area contributed by atoms with Gasteiger partial charge in [0, 0.05) is 17.1 Å². The Morgan fingerprint density at radius 1 is 1.13 bits per heavy atom. The minimum absolute atomic E-state index is 0.232. The summed E-state index contributed by atoms with van der Waals surface area (Å²) in [5.74, 6) is -0.232. The van der Waals surface area contributed by atoms with Gasteiger partial charge in [0.25, 0.3) is 0 Å². The number of halogens is 1. The van der Waals surface area contributed by atoms with E-state index in [9.17, 15) is 5.11 Å². The minimum atomic E-state index is -1.07. The topological polar surface area (TPSA) is 61.8 Å². The van der Waals surface area contributed by atoms with Crippen LogP contribution in [0.25, 0.3) is 0 Å². The van der Waals surface area contributed by atoms with Crippen molar-refractivity contribution in [2.75, 3.05) is 0 Å². The van der Waals surface area contributed by atoms with Gasteiger partial charge in [0.05, 0.1) is 11.3 Å². The zero-order chi connectivity index (χ0) is 16.3. The van der Waals surface area contributed by atoms with E-state index >= 15 is 0 Å². The average Bonchev–Trinajstić information content (AvgIpc) is 3.09. The molecule has 0 spiro atoms. The van der Waals surface area contributed by atoms with Gasteiger partial charge in [-0.2, -0.15) is 0 Å². The second-order valence-corrected chi connectivity index (χ2v) is 6.23. The Morgan fingerprint density at radius 3 is 2.43 bits per heavy atom. The van der Waals surface area contributed by atoms with Crippen LogP contribution < -0.4 is 0 Å². The van der Waals surface area contributed by atoms with Crippen LogP contribution in [0.5, 0.6) is 0 Å². The molecule has 0 radical (unpaired) electrons. The third-order valence-corrected chi connectivity index (χ3v) is 4.43. The number of hydrogen-bond acceptors (Lipinski definition) is 3. The molecule has 0 amide bonds. The average molecular weight is 328 g/mol. The van der Waals surface area contributed by atoms with Gasteiger partial charge < -0.3 is 5.11 Å². The van der Waals surface area contributed by atoms with Crippen molar-refractivity contribution in [1.82, 2.24) is 15.4 Å². The van der Waals surface area contributed by atoms with Gasteiger partial charge in [0.1, 0.15) is 0 Å². The van der Waals surface area contributed by atoms with Crippen molar-refractivity contribution in [3.63, 3.8) is 0 Å². The molecule has 0 bridgehead atoms. The maximum atomic E-state index is 11.2. The molecule has 1 heterocycles. The van der Waals surface area contributed by atoms with Gasteiger partial charge in [-0.25, -0.2) is 0 Å². The fourth-order valence-electron chi connectivity index (χ4n) is 2.80. The zero-order valence-corrected chi connectivity index (χ0v) is 13.5. The van der Waals surface area contributed by atoms with Crippen LogP contribution in [0, 0.1) is 0 Å². The van der Waals surface area contributed by atoms with E-state index in [1.54, 1.807) is 6.20 Å². The molecule has 3 rings (SSSR count). The van der Waals surface area contributed by atoms with Crippen LogP contribution >= 0.6 is 11.6 Å². The molecule has 5 heteroatoms. The van der Waals surface area contributed by atoms with E-state index in [1.807, 2.05) is 61.5 Å². The lowest BCUT2D eigenvalue weighted by molar-refractivity contribution is 0.0248. The second-order valence-electron chi connectivity index (χ2n) is 5.80. The lowest BCUT2D eigenvalue weighted by Crippen LogP contribution is -2.32. The molecule has 0 aliphatic carbocycles. The van der Waals surface area contributed by atoms with Crippen molar-refractivity contribution in [3.05, 3.63) is 82.6 Å². The predicted octanol–water partition coefficient (Wildman–Crippen LogP) is 3.69. The van der Waals surface area contributed by atoms with Crippen LogP contribution in [0.15, 0.2) is 60.8 Å².